The molecule has 2 fully saturated rings. The summed E-state index contributed by atoms with van der Waals surface area (Å²) in [7, 11) is 4.19. The SMILES string of the molecule is CN=C(NCCCC(C)(C)C)NC1CC2CCCC(C1)N2C. The van der Waals surface area contributed by atoms with Crippen molar-refractivity contribution in [3.63, 3.8) is 0 Å². The third kappa shape index (κ3) is 5.15. The Kier molecular flexibility index (Phi) is 6.13. The number of hydrogen-bond acceptors (Lipinski definition) is 2. The van der Waals surface area contributed by atoms with Gasteiger partial charge in [-0.15, -0.1) is 0 Å². The van der Waals surface area contributed by atoms with Crippen molar-refractivity contribution in [1.82, 2.24) is 15.5 Å². The first-order valence-corrected chi connectivity index (χ1v) is 9.08. The molecule has 2 aliphatic rings. The summed E-state index contributed by atoms with van der Waals surface area (Å²) in [5.74, 6) is 0.988. The van der Waals surface area contributed by atoms with Crippen LogP contribution in [-0.2, 0) is 0 Å². The summed E-state index contributed by atoms with van der Waals surface area (Å²) in [6.07, 6.45) is 9.10. The van der Waals surface area contributed by atoms with Crippen LogP contribution >= 0.6 is 0 Å². The van der Waals surface area contributed by atoms with E-state index < -0.39 is 0 Å². The molecule has 2 saturated heterocycles. The van der Waals surface area contributed by atoms with Crippen LogP contribution in [0.15, 0.2) is 4.99 Å². The van der Waals surface area contributed by atoms with Gasteiger partial charge in [-0.1, -0.05) is 27.2 Å². The first-order valence-electron chi connectivity index (χ1n) is 9.08. The van der Waals surface area contributed by atoms with Gasteiger partial charge in [-0.2, -0.15) is 0 Å². The quantitative estimate of drug-likeness (QED) is 0.476. The first kappa shape index (κ1) is 17.6. The summed E-state index contributed by atoms with van der Waals surface area (Å²) in [4.78, 5) is 7.02. The van der Waals surface area contributed by atoms with Crippen LogP contribution in [-0.4, -0.2) is 49.6 Å². The molecule has 0 amide bonds. The minimum Gasteiger partial charge on any atom is -0.356 e. The van der Waals surface area contributed by atoms with Crippen LogP contribution < -0.4 is 10.6 Å². The van der Waals surface area contributed by atoms with Crippen LogP contribution in [0.5, 0.6) is 0 Å². The second-order valence-corrected chi connectivity index (χ2v) is 8.38. The second kappa shape index (κ2) is 7.67. The zero-order valence-corrected chi connectivity index (χ0v) is 15.3. The van der Waals surface area contributed by atoms with E-state index in [1.54, 1.807) is 0 Å². The second-order valence-electron chi connectivity index (χ2n) is 8.38. The van der Waals surface area contributed by atoms with Crippen molar-refractivity contribution >= 4 is 5.96 Å². The lowest BCUT2D eigenvalue weighted by molar-refractivity contribution is 0.0526. The van der Waals surface area contributed by atoms with Crippen LogP contribution in [0, 0.1) is 5.41 Å². The molecular weight excluding hydrogens is 272 g/mol. The molecule has 2 bridgehead atoms. The van der Waals surface area contributed by atoms with Gasteiger partial charge < -0.3 is 15.5 Å². The Morgan fingerprint density at radius 3 is 2.36 bits per heavy atom. The van der Waals surface area contributed by atoms with Gasteiger partial charge in [0.25, 0.3) is 0 Å². The fourth-order valence-corrected chi connectivity index (χ4v) is 3.95. The molecule has 2 atom stereocenters. The molecule has 2 aliphatic heterocycles. The molecule has 4 heteroatoms. The average Bonchev–Trinajstić information content (AvgIpc) is 2.42. The Morgan fingerprint density at radius 2 is 1.82 bits per heavy atom. The van der Waals surface area contributed by atoms with Crippen molar-refractivity contribution < 1.29 is 0 Å². The molecule has 4 nitrogen and oxygen atoms in total. The highest BCUT2D eigenvalue weighted by Gasteiger charge is 2.36. The third-order valence-corrected chi connectivity index (χ3v) is 5.30. The van der Waals surface area contributed by atoms with Gasteiger partial charge >= 0.3 is 0 Å². The number of rotatable bonds is 4. The van der Waals surface area contributed by atoms with Crippen molar-refractivity contribution in [2.75, 3.05) is 20.6 Å². The molecule has 2 unspecified atom stereocenters. The van der Waals surface area contributed by atoms with E-state index in [1.165, 1.54) is 44.9 Å². The van der Waals surface area contributed by atoms with Crippen molar-refractivity contribution in [1.29, 1.82) is 0 Å². The minimum absolute atomic E-state index is 0.421. The smallest absolute Gasteiger partial charge is 0.191 e. The Balaban J connectivity index is 1.74. The van der Waals surface area contributed by atoms with Crippen molar-refractivity contribution in [2.24, 2.45) is 10.4 Å². The fourth-order valence-electron chi connectivity index (χ4n) is 3.95. The Hall–Kier alpha value is -0.770. The van der Waals surface area contributed by atoms with Crippen molar-refractivity contribution in [3.05, 3.63) is 0 Å². The van der Waals surface area contributed by atoms with E-state index in [1.807, 2.05) is 7.05 Å². The topological polar surface area (TPSA) is 39.7 Å². The van der Waals surface area contributed by atoms with Crippen LogP contribution in [0.1, 0.15) is 65.7 Å². The summed E-state index contributed by atoms with van der Waals surface area (Å²) < 4.78 is 0. The number of guanidine groups is 1. The zero-order valence-electron chi connectivity index (χ0n) is 15.3. The van der Waals surface area contributed by atoms with Crippen LogP contribution in [0.3, 0.4) is 0 Å². The Morgan fingerprint density at radius 1 is 1.18 bits per heavy atom. The Labute approximate surface area is 137 Å². The predicted octanol–water partition coefficient (Wildman–Crippen LogP) is 2.99. The molecule has 22 heavy (non-hydrogen) atoms. The monoisotopic (exact) mass is 308 g/mol. The molecule has 0 spiro atoms. The zero-order chi connectivity index (χ0) is 16.2. The van der Waals surface area contributed by atoms with E-state index >= 15 is 0 Å². The summed E-state index contributed by atoms with van der Waals surface area (Å²) >= 11 is 0. The molecule has 0 saturated carbocycles. The number of nitrogens with zero attached hydrogens (tertiary/aromatic N) is 2. The molecular formula is C18H36N4. The van der Waals surface area contributed by atoms with E-state index in [2.05, 4.69) is 48.3 Å². The maximum Gasteiger partial charge on any atom is 0.191 e. The maximum absolute atomic E-state index is 4.41. The number of hydrogen-bond donors (Lipinski definition) is 2. The molecule has 0 radical (unpaired) electrons. The Bertz CT molecular complexity index is 358. The van der Waals surface area contributed by atoms with Crippen LogP contribution in [0.25, 0.3) is 0 Å². The maximum atomic E-state index is 4.41. The number of piperidine rings is 2. The van der Waals surface area contributed by atoms with Gasteiger partial charge in [0.15, 0.2) is 5.96 Å². The molecule has 2 N–H and O–H groups in total. The van der Waals surface area contributed by atoms with Crippen LogP contribution in [0.4, 0.5) is 0 Å². The number of fused-ring (bicyclic) bond motifs is 2. The molecule has 2 rings (SSSR count). The third-order valence-electron chi connectivity index (χ3n) is 5.30. The van der Waals surface area contributed by atoms with Gasteiger partial charge in [0.1, 0.15) is 0 Å². The van der Waals surface area contributed by atoms with Gasteiger partial charge in [0, 0.05) is 31.7 Å². The molecule has 0 aromatic rings. The van der Waals surface area contributed by atoms with Gasteiger partial charge in [-0.25, -0.2) is 0 Å². The van der Waals surface area contributed by atoms with Gasteiger partial charge in [-0.3, -0.25) is 4.99 Å². The van der Waals surface area contributed by atoms with E-state index in [-0.39, 0.29) is 0 Å². The van der Waals surface area contributed by atoms with Crippen molar-refractivity contribution in [3.8, 4) is 0 Å². The highest BCUT2D eigenvalue weighted by atomic mass is 15.2. The van der Waals surface area contributed by atoms with E-state index in [0.717, 1.165) is 24.6 Å². The van der Waals surface area contributed by atoms with Crippen molar-refractivity contribution in [2.45, 2.75) is 83.8 Å². The summed E-state index contributed by atoms with van der Waals surface area (Å²) in [5, 5.41) is 7.16. The normalized spacial score (nSPS) is 30.2. The minimum atomic E-state index is 0.421. The first-order chi connectivity index (χ1) is 10.4. The predicted molar refractivity (Wildman–Crippen MR) is 95.4 cm³/mol. The van der Waals surface area contributed by atoms with Gasteiger partial charge in [0.2, 0.25) is 0 Å². The van der Waals surface area contributed by atoms with Gasteiger partial charge in [-0.05, 0) is 51.0 Å². The highest BCUT2D eigenvalue weighted by molar-refractivity contribution is 5.79. The molecule has 0 aromatic carbocycles. The summed E-state index contributed by atoms with van der Waals surface area (Å²) in [6, 6.07) is 2.12. The molecule has 2 heterocycles. The lowest BCUT2D eigenvalue weighted by Crippen LogP contribution is -2.56. The number of nitrogens with one attached hydrogen (secondary N) is 2. The van der Waals surface area contributed by atoms with Gasteiger partial charge in [0.05, 0.1) is 0 Å². The summed E-state index contributed by atoms with van der Waals surface area (Å²) in [6.45, 7) is 7.92. The van der Waals surface area contributed by atoms with E-state index in [0.29, 0.717) is 11.5 Å². The fraction of sp³-hybridized carbons (Fsp3) is 0.944. The molecule has 0 aliphatic carbocycles. The largest absolute Gasteiger partial charge is 0.356 e. The average molecular weight is 309 g/mol. The highest BCUT2D eigenvalue weighted by Crippen LogP contribution is 2.32. The van der Waals surface area contributed by atoms with E-state index in [9.17, 15) is 0 Å². The van der Waals surface area contributed by atoms with E-state index in [4.69, 9.17) is 0 Å². The van der Waals surface area contributed by atoms with Crippen LogP contribution in [0.2, 0.25) is 0 Å². The standard InChI is InChI=1S/C18H36N4/c1-18(2,3)10-7-11-20-17(19-4)21-14-12-15-8-6-9-16(13-14)22(15)5/h14-16H,6-13H2,1-5H3,(H2,19,20,21). The lowest BCUT2D eigenvalue weighted by atomic mass is 9.82. The lowest BCUT2D eigenvalue weighted by Gasteiger charge is -2.47. The number of aliphatic imine (C=N–C) groups is 1. The summed E-state index contributed by atoms with van der Waals surface area (Å²) in [5.41, 5.74) is 0.421. The molecule has 128 valence electrons. The molecule has 0 aromatic heterocycles.